The van der Waals surface area contributed by atoms with E-state index in [1.807, 2.05) is 74.5 Å². The van der Waals surface area contributed by atoms with Gasteiger partial charge < -0.3 is 46.0 Å². The fourth-order valence-electron chi connectivity index (χ4n) is 11.2. The highest BCUT2D eigenvalue weighted by atomic mass is 32.2. The smallest absolute Gasteiger partial charge is 0.407 e. The first-order valence-electron chi connectivity index (χ1n) is 28.4. The minimum absolute atomic E-state index is 0. The van der Waals surface area contributed by atoms with Gasteiger partial charge in [0, 0.05) is 45.4 Å². The third-order valence-electron chi connectivity index (χ3n) is 15.7. The third-order valence-corrected chi connectivity index (χ3v) is 19.3. The van der Waals surface area contributed by atoms with Crippen molar-refractivity contribution >= 4 is 32.2 Å². The van der Waals surface area contributed by atoms with Crippen molar-refractivity contribution in [3.8, 4) is 12.1 Å². The number of nitrogens with one attached hydrogen (secondary N) is 2. The van der Waals surface area contributed by atoms with Crippen molar-refractivity contribution in [2.75, 3.05) is 39.4 Å². The second kappa shape index (κ2) is 32.3. The molecule has 0 aromatic heterocycles. The Morgan fingerprint density at radius 1 is 0.651 bits per heavy atom. The normalized spacial score (nSPS) is 17.9. The number of aryl methyl sites for hydroxylation is 2. The summed E-state index contributed by atoms with van der Waals surface area (Å²) in [5.41, 5.74) is 2.25. The Bertz CT molecular complexity index is 2920. The van der Waals surface area contributed by atoms with Crippen LogP contribution < -0.4 is 10.6 Å². The molecule has 3 fully saturated rings. The van der Waals surface area contributed by atoms with E-state index in [0.717, 1.165) is 73.6 Å². The van der Waals surface area contributed by atoms with Crippen LogP contribution in [0.4, 0.5) is 9.59 Å². The number of alkyl carbamates (subject to hydrolysis) is 2. The molecule has 8 N–H and O–H groups in total. The number of amides is 2. The highest BCUT2D eigenvalue weighted by molar-refractivity contribution is 7.89. The van der Waals surface area contributed by atoms with Gasteiger partial charge in [-0.15, -0.1) is 0 Å². The largest absolute Gasteiger partial charge is 0.444 e. The molecule has 7 rings (SSSR count). The molecule has 2 amide bonds. The van der Waals surface area contributed by atoms with Gasteiger partial charge in [-0.25, -0.2) is 26.4 Å². The number of nitrogens with zero attached hydrogens (tertiary/aromatic N) is 4. The maximum atomic E-state index is 14.0. The number of aliphatic hydroxyl groups excluding tert-OH is 2. The van der Waals surface area contributed by atoms with Crippen molar-refractivity contribution in [1.29, 1.82) is 10.5 Å². The second-order valence-corrected chi connectivity index (χ2v) is 27.2. The molecule has 1 saturated heterocycles. The SMILES string of the molecule is Cc1ccc(S(=O)(=O)N(CC(O)[C@H](Cc2ccccc2)NC(=O)OC(C)(C)C)CC2(CCC#N)CCCC2)cc1.Cc1ccc(S(=O)(=O)N(CC(O)[C@H](Cc2ccccc2)NC(=O)OC2CCOC2)CC2(CCC#N)CCCC2)cc1.O.O. The van der Waals surface area contributed by atoms with Gasteiger partial charge in [-0.05, 0) is 132 Å². The number of aliphatic hydroxyl groups is 2. The van der Waals surface area contributed by atoms with Gasteiger partial charge in [0.25, 0.3) is 0 Å². The standard InChI is InChI=1S/C31H41N3O6S.C31H43N3O5S.2H2O/c1-24-10-12-27(13-11-24)41(37,38)34(23-31(17-7-18-32)15-5-6-16-31)21-29(35)28(20-25-8-3-2-4-9-25)33-30(36)40-26-14-19-39-22-26;1-24-13-15-26(16-14-24)40(37,38)34(23-31(19-10-20-32)17-8-9-18-31)22-28(35)27(21-25-11-6-5-7-12-25)33-29(36)39-30(2,3)4;;/h2-4,8-13,26,28-29,35H,5-7,14-17,19-23H2,1H3,(H,33,36);5-7,11-16,27-28,35H,8-10,17-19,21-23H2,1-4H3,(H,33,36);2*1H2/t26?,28-,29?;27-,28?;;/m00../s1. The van der Waals surface area contributed by atoms with Crippen molar-refractivity contribution in [2.45, 2.75) is 177 Å². The zero-order valence-electron chi connectivity index (χ0n) is 48.8. The lowest BCUT2D eigenvalue weighted by atomic mass is 9.81. The van der Waals surface area contributed by atoms with Crippen molar-refractivity contribution in [2.24, 2.45) is 10.8 Å². The minimum atomic E-state index is -3.99. The summed E-state index contributed by atoms with van der Waals surface area (Å²) in [6.07, 6.45) is 6.12. The van der Waals surface area contributed by atoms with Gasteiger partial charge in [0.05, 0.1) is 59.4 Å². The fraction of sp³-hybridized carbons (Fsp3) is 0.548. The topological polar surface area (TPSA) is 312 Å². The van der Waals surface area contributed by atoms with Crippen LogP contribution in [0.25, 0.3) is 0 Å². The first-order valence-corrected chi connectivity index (χ1v) is 31.3. The molecule has 2 aliphatic carbocycles. The lowest BCUT2D eigenvalue weighted by Crippen LogP contribution is -2.52. The van der Waals surface area contributed by atoms with Crippen LogP contribution in [0.3, 0.4) is 0 Å². The number of hydrogen-bond acceptors (Lipinski definition) is 13. The molecular weight excluding hydrogens is 1100 g/mol. The van der Waals surface area contributed by atoms with Crippen LogP contribution in [0.2, 0.25) is 0 Å². The molecule has 0 bridgehead atoms. The first kappa shape index (κ1) is 69.5. The molecule has 1 heterocycles. The molecule has 456 valence electrons. The summed E-state index contributed by atoms with van der Waals surface area (Å²) in [5, 5.41) is 47.3. The molecule has 3 unspecified atom stereocenters. The van der Waals surface area contributed by atoms with E-state index in [1.165, 1.54) is 8.61 Å². The summed E-state index contributed by atoms with van der Waals surface area (Å²) < 4.78 is 75.1. The Labute approximate surface area is 492 Å². The quantitative estimate of drug-likeness (QED) is 0.0489. The molecule has 2 saturated carbocycles. The summed E-state index contributed by atoms with van der Waals surface area (Å²) in [6, 6.07) is 35.0. The Morgan fingerprint density at radius 3 is 1.39 bits per heavy atom. The van der Waals surface area contributed by atoms with Gasteiger partial charge >= 0.3 is 12.2 Å². The van der Waals surface area contributed by atoms with Crippen LogP contribution in [0.1, 0.15) is 126 Å². The fourth-order valence-corrected chi connectivity index (χ4v) is 14.3. The van der Waals surface area contributed by atoms with E-state index in [4.69, 9.17) is 14.2 Å². The van der Waals surface area contributed by atoms with E-state index in [1.54, 1.807) is 69.3 Å². The van der Waals surface area contributed by atoms with Crippen LogP contribution in [-0.4, -0.2) is 134 Å². The summed E-state index contributed by atoms with van der Waals surface area (Å²) in [4.78, 5) is 25.9. The average Bonchev–Trinajstić information content (AvgIpc) is 3.81. The first-order chi connectivity index (χ1) is 38.5. The van der Waals surface area contributed by atoms with E-state index < -0.39 is 62.1 Å². The predicted molar refractivity (Wildman–Crippen MR) is 317 cm³/mol. The maximum Gasteiger partial charge on any atom is 0.407 e. The minimum Gasteiger partial charge on any atom is -0.444 e. The van der Waals surface area contributed by atoms with Crippen molar-refractivity contribution < 1.29 is 61.8 Å². The number of rotatable bonds is 25. The number of carbonyl (C=O) groups is 2. The summed E-state index contributed by atoms with van der Waals surface area (Å²) >= 11 is 0. The van der Waals surface area contributed by atoms with Gasteiger partial charge in [0.1, 0.15) is 11.7 Å². The number of ether oxygens (including phenoxy) is 3. The number of sulfonamides is 2. The molecule has 83 heavy (non-hydrogen) atoms. The van der Waals surface area contributed by atoms with E-state index in [0.29, 0.717) is 51.7 Å². The van der Waals surface area contributed by atoms with Gasteiger partial charge in [-0.2, -0.15) is 19.1 Å². The number of nitriles is 2. The van der Waals surface area contributed by atoms with E-state index in [-0.39, 0.29) is 70.3 Å². The highest BCUT2D eigenvalue weighted by Gasteiger charge is 2.43. The molecule has 5 atom stereocenters. The second-order valence-electron chi connectivity index (χ2n) is 23.4. The van der Waals surface area contributed by atoms with Crippen LogP contribution in [0, 0.1) is 47.3 Å². The zero-order chi connectivity index (χ0) is 58.7. The predicted octanol–water partition coefficient (Wildman–Crippen LogP) is 8.03. The molecular formula is C62H88N6O13S2. The zero-order valence-corrected chi connectivity index (χ0v) is 50.4. The van der Waals surface area contributed by atoms with Gasteiger partial charge in [-0.3, -0.25) is 0 Å². The van der Waals surface area contributed by atoms with Crippen LogP contribution in [0.15, 0.2) is 119 Å². The Hall–Kier alpha value is -5.98. The number of hydrogen-bond donors (Lipinski definition) is 4. The van der Waals surface area contributed by atoms with E-state index >= 15 is 0 Å². The number of carbonyl (C=O) groups excluding carboxylic acids is 2. The van der Waals surface area contributed by atoms with Gasteiger partial charge in [0.15, 0.2) is 0 Å². The van der Waals surface area contributed by atoms with Crippen molar-refractivity contribution in [3.63, 3.8) is 0 Å². The van der Waals surface area contributed by atoms with Crippen molar-refractivity contribution in [3.05, 3.63) is 131 Å². The Morgan fingerprint density at radius 2 is 1.04 bits per heavy atom. The number of benzene rings is 4. The monoisotopic (exact) mass is 1190 g/mol. The summed E-state index contributed by atoms with van der Waals surface area (Å²) in [6.45, 7) is 9.88. The molecule has 4 aromatic rings. The molecule has 19 nitrogen and oxygen atoms in total. The summed E-state index contributed by atoms with van der Waals surface area (Å²) in [5.74, 6) is 0. The lowest BCUT2D eigenvalue weighted by molar-refractivity contribution is 0.0388. The third kappa shape index (κ3) is 21.2. The van der Waals surface area contributed by atoms with Gasteiger partial charge in [-0.1, -0.05) is 122 Å². The molecule has 3 aliphatic rings. The van der Waals surface area contributed by atoms with Crippen LogP contribution >= 0.6 is 0 Å². The van der Waals surface area contributed by atoms with E-state index in [9.17, 15) is 47.2 Å². The maximum absolute atomic E-state index is 14.0. The Kier molecular flexibility index (Phi) is 27.1. The van der Waals surface area contributed by atoms with Crippen molar-refractivity contribution in [1.82, 2.24) is 19.2 Å². The molecule has 0 spiro atoms. The molecule has 21 heteroatoms. The van der Waals surface area contributed by atoms with Gasteiger partial charge in [0.2, 0.25) is 20.0 Å². The van der Waals surface area contributed by atoms with Crippen LogP contribution in [-0.2, 0) is 47.1 Å². The molecule has 4 aromatic carbocycles. The molecule has 0 radical (unpaired) electrons. The average molecular weight is 1190 g/mol. The van der Waals surface area contributed by atoms with Crippen LogP contribution in [0.5, 0.6) is 0 Å². The summed E-state index contributed by atoms with van der Waals surface area (Å²) in [7, 11) is -7.97. The highest BCUT2D eigenvalue weighted by Crippen LogP contribution is 2.45. The Balaban J connectivity index is 0.000000348. The van der Waals surface area contributed by atoms with E-state index in [2.05, 4.69) is 22.8 Å². The lowest BCUT2D eigenvalue weighted by Gasteiger charge is -2.37. The molecule has 1 aliphatic heterocycles.